The van der Waals surface area contributed by atoms with Crippen molar-refractivity contribution in [3.8, 4) is 0 Å². The highest BCUT2D eigenvalue weighted by Gasteiger charge is 2.27. The van der Waals surface area contributed by atoms with Crippen molar-refractivity contribution in [3.63, 3.8) is 0 Å². The zero-order valence-electron chi connectivity index (χ0n) is 9.94. The third-order valence-electron chi connectivity index (χ3n) is 2.94. The molecular formula is C13H11Cl2N3O. The number of nitrogens with zero attached hydrogens (tertiary/aromatic N) is 2. The second-order valence-electron chi connectivity index (χ2n) is 4.48. The molecule has 3 rings (SSSR count). The molecule has 1 aliphatic rings. The predicted octanol–water partition coefficient (Wildman–Crippen LogP) is 3.78. The minimum Gasteiger partial charge on any atom is -0.339 e. The Bertz CT molecular complexity index is 635. The fourth-order valence-electron chi connectivity index (χ4n) is 1.94. The van der Waals surface area contributed by atoms with Crippen LogP contribution >= 0.6 is 23.2 Å². The number of aromatic nitrogens is 2. The minimum atomic E-state index is -0.228. The standard InChI is InChI=1S/C13H11Cl2N3O/c14-8-6-10(18(7-8)9-4-5-9)13(19)17-12-3-1-2-11(15)16-12/h1-3,6-7,9H,4-5H2,(H,16,17,19). The summed E-state index contributed by atoms with van der Waals surface area (Å²) in [6.45, 7) is 0. The van der Waals surface area contributed by atoms with Gasteiger partial charge in [-0.15, -0.1) is 0 Å². The summed E-state index contributed by atoms with van der Waals surface area (Å²) in [6, 6.07) is 7.13. The lowest BCUT2D eigenvalue weighted by molar-refractivity contribution is 0.101. The van der Waals surface area contributed by atoms with Crippen molar-refractivity contribution in [2.24, 2.45) is 0 Å². The number of anilines is 1. The van der Waals surface area contributed by atoms with E-state index >= 15 is 0 Å². The van der Waals surface area contributed by atoms with Crippen LogP contribution in [-0.2, 0) is 0 Å². The van der Waals surface area contributed by atoms with Crippen molar-refractivity contribution in [1.29, 1.82) is 0 Å². The highest BCUT2D eigenvalue weighted by Crippen LogP contribution is 2.37. The Morgan fingerprint density at radius 2 is 2.16 bits per heavy atom. The maximum absolute atomic E-state index is 12.2. The van der Waals surface area contributed by atoms with Crippen LogP contribution in [0.1, 0.15) is 29.4 Å². The van der Waals surface area contributed by atoms with Gasteiger partial charge in [-0.05, 0) is 31.0 Å². The first-order chi connectivity index (χ1) is 9.13. The number of carbonyl (C=O) groups excluding carboxylic acids is 1. The smallest absolute Gasteiger partial charge is 0.273 e. The quantitative estimate of drug-likeness (QED) is 0.876. The van der Waals surface area contributed by atoms with E-state index in [1.807, 2.05) is 4.57 Å². The van der Waals surface area contributed by atoms with E-state index in [0.717, 1.165) is 12.8 Å². The molecule has 1 fully saturated rings. The molecule has 4 nitrogen and oxygen atoms in total. The number of carbonyl (C=O) groups is 1. The summed E-state index contributed by atoms with van der Waals surface area (Å²) in [5.74, 6) is 0.200. The van der Waals surface area contributed by atoms with Crippen LogP contribution in [-0.4, -0.2) is 15.5 Å². The Hall–Kier alpha value is -1.52. The maximum Gasteiger partial charge on any atom is 0.273 e. The molecule has 2 heterocycles. The Morgan fingerprint density at radius 1 is 1.37 bits per heavy atom. The third kappa shape index (κ3) is 2.74. The normalized spacial score (nSPS) is 14.4. The van der Waals surface area contributed by atoms with Gasteiger partial charge in [-0.1, -0.05) is 29.3 Å². The second-order valence-corrected chi connectivity index (χ2v) is 5.31. The summed E-state index contributed by atoms with van der Waals surface area (Å²) in [4.78, 5) is 16.2. The van der Waals surface area contributed by atoms with Crippen molar-refractivity contribution < 1.29 is 4.79 Å². The summed E-state index contributed by atoms with van der Waals surface area (Å²) < 4.78 is 1.92. The molecule has 19 heavy (non-hydrogen) atoms. The molecule has 0 atom stereocenters. The number of pyridine rings is 1. The van der Waals surface area contributed by atoms with Gasteiger partial charge in [0, 0.05) is 12.2 Å². The Morgan fingerprint density at radius 3 is 2.84 bits per heavy atom. The van der Waals surface area contributed by atoms with Crippen LogP contribution in [0.25, 0.3) is 0 Å². The van der Waals surface area contributed by atoms with Gasteiger partial charge in [0.2, 0.25) is 0 Å². The lowest BCUT2D eigenvalue weighted by atomic mass is 10.3. The highest BCUT2D eigenvalue weighted by molar-refractivity contribution is 6.31. The molecular weight excluding hydrogens is 285 g/mol. The molecule has 1 saturated carbocycles. The van der Waals surface area contributed by atoms with E-state index in [9.17, 15) is 4.79 Å². The first kappa shape index (κ1) is 12.5. The Kier molecular flexibility index (Phi) is 3.21. The predicted molar refractivity (Wildman–Crippen MR) is 74.9 cm³/mol. The van der Waals surface area contributed by atoms with Crippen LogP contribution in [0.15, 0.2) is 30.5 Å². The van der Waals surface area contributed by atoms with Crippen LogP contribution < -0.4 is 5.32 Å². The zero-order valence-corrected chi connectivity index (χ0v) is 11.4. The third-order valence-corrected chi connectivity index (χ3v) is 3.36. The molecule has 1 N–H and O–H groups in total. The van der Waals surface area contributed by atoms with E-state index in [1.54, 1.807) is 30.5 Å². The van der Waals surface area contributed by atoms with Crippen LogP contribution in [0.2, 0.25) is 10.2 Å². The second kappa shape index (κ2) is 4.87. The Balaban J connectivity index is 1.84. The van der Waals surface area contributed by atoms with Crippen molar-refractivity contribution in [3.05, 3.63) is 46.3 Å². The summed E-state index contributed by atoms with van der Waals surface area (Å²) >= 11 is 11.8. The van der Waals surface area contributed by atoms with Crippen molar-refractivity contribution >= 4 is 34.9 Å². The van der Waals surface area contributed by atoms with Crippen LogP contribution in [0.5, 0.6) is 0 Å². The number of hydrogen-bond acceptors (Lipinski definition) is 2. The van der Waals surface area contributed by atoms with E-state index < -0.39 is 0 Å². The molecule has 0 radical (unpaired) electrons. The van der Waals surface area contributed by atoms with E-state index in [2.05, 4.69) is 10.3 Å². The summed E-state index contributed by atoms with van der Waals surface area (Å²) in [7, 11) is 0. The molecule has 0 aliphatic heterocycles. The van der Waals surface area contributed by atoms with Gasteiger partial charge in [-0.3, -0.25) is 4.79 Å². The summed E-state index contributed by atoms with van der Waals surface area (Å²) in [5.41, 5.74) is 0.550. The fraction of sp³-hybridized carbons (Fsp3) is 0.231. The largest absolute Gasteiger partial charge is 0.339 e. The topological polar surface area (TPSA) is 46.9 Å². The summed E-state index contributed by atoms with van der Waals surface area (Å²) in [6.07, 6.45) is 3.96. The van der Waals surface area contributed by atoms with Gasteiger partial charge in [0.05, 0.1) is 5.02 Å². The molecule has 6 heteroatoms. The van der Waals surface area contributed by atoms with E-state index in [1.165, 1.54) is 0 Å². The lowest BCUT2D eigenvalue weighted by Crippen LogP contribution is -2.17. The fourth-order valence-corrected chi connectivity index (χ4v) is 2.31. The number of halogens is 2. The van der Waals surface area contributed by atoms with Crippen molar-refractivity contribution in [2.75, 3.05) is 5.32 Å². The molecule has 0 spiro atoms. The molecule has 1 amide bonds. The first-order valence-electron chi connectivity index (χ1n) is 5.95. The maximum atomic E-state index is 12.2. The molecule has 2 aromatic rings. The number of amides is 1. The van der Waals surface area contributed by atoms with Gasteiger partial charge in [0.25, 0.3) is 5.91 Å². The van der Waals surface area contributed by atoms with Gasteiger partial charge in [-0.25, -0.2) is 4.98 Å². The van der Waals surface area contributed by atoms with Crippen molar-refractivity contribution in [1.82, 2.24) is 9.55 Å². The Labute approximate surface area is 120 Å². The average molecular weight is 296 g/mol. The molecule has 0 unspecified atom stereocenters. The molecule has 0 bridgehead atoms. The van der Waals surface area contributed by atoms with E-state index in [4.69, 9.17) is 23.2 Å². The van der Waals surface area contributed by atoms with E-state index in [0.29, 0.717) is 27.7 Å². The minimum absolute atomic E-state index is 0.228. The lowest BCUT2D eigenvalue weighted by Gasteiger charge is -2.08. The van der Waals surface area contributed by atoms with Gasteiger partial charge in [-0.2, -0.15) is 0 Å². The van der Waals surface area contributed by atoms with E-state index in [-0.39, 0.29) is 5.91 Å². The SMILES string of the molecule is O=C(Nc1cccc(Cl)n1)c1cc(Cl)cn1C1CC1. The van der Waals surface area contributed by atoms with Gasteiger partial charge >= 0.3 is 0 Å². The van der Waals surface area contributed by atoms with Crippen LogP contribution in [0.4, 0.5) is 5.82 Å². The highest BCUT2D eigenvalue weighted by atomic mass is 35.5. The number of nitrogens with one attached hydrogen (secondary N) is 1. The zero-order chi connectivity index (χ0) is 13.4. The number of rotatable bonds is 3. The van der Waals surface area contributed by atoms with Crippen LogP contribution in [0.3, 0.4) is 0 Å². The van der Waals surface area contributed by atoms with Gasteiger partial charge in [0.15, 0.2) is 0 Å². The molecule has 0 saturated heterocycles. The molecule has 2 aromatic heterocycles. The molecule has 1 aliphatic carbocycles. The monoisotopic (exact) mass is 295 g/mol. The van der Waals surface area contributed by atoms with Crippen LogP contribution in [0, 0.1) is 0 Å². The van der Waals surface area contributed by atoms with Gasteiger partial charge in [0.1, 0.15) is 16.7 Å². The van der Waals surface area contributed by atoms with Crippen molar-refractivity contribution in [2.45, 2.75) is 18.9 Å². The summed E-state index contributed by atoms with van der Waals surface area (Å²) in [5, 5.41) is 3.63. The molecule has 0 aromatic carbocycles. The molecule has 98 valence electrons. The average Bonchev–Trinajstić information content (AvgIpc) is 3.12. The first-order valence-corrected chi connectivity index (χ1v) is 6.70. The number of hydrogen-bond donors (Lipinski definition) is 1. The van der Waals surface area contributed by atoms with Gasteiger partial charge < -0.3 is 9.88 Å².